The number of hydrogen-bond donors (Lipinski definition) is 2. The summed E-state index contributed by atoms with van der Waals surface area (Å²) in [4.78, 5) is 22.6. The summed E-state index contributed by atoms with van der Waals surface area (Å²) in [5.41, 5.74) is 0.463. The standard InChI is InChI=1S/C19H22N2O5/c1-13-10-15(6-9-17(13)21(24)25)18(22)20-12-19(2,23)11-14-4-7-16(26-3)8-5-14/h4-10,23H,11-12H2,1-3H3,(H,20,22). The molecule has 7 heteroatoms. The van der Waals surface area contributed by atoms with Gasteiger partial charge in [0.2, 0.25) is 0 Å². The minimum absolute atomic E-state index is 0.0342. The van der Waals surface area contributed by atoms with Crippen LogP contribution in [-0.4, -0.2) is 35.2 Å². The van der Waals surface area contributed by atoms with Crippen molar-refractivity contribution in [1.82, 2.24) is 5.32 Å². The molecular formula is C19H22N2O5. The third-order valence-corrected chi connectivity index (χ3v) is 4.03. The van der Waals surface area contributed by atoms with Gasteiger partial charge in [-0.05, 0) is 43.7 Å². The lowest BCUT2D eigenvalue weighted by atomic mass is 9.96. The average Bonchev–Trinajstić information content (AvgIpc) is 2.59. The average molecular weight is 358 g/mol. The van der Waals surface area contributed by atoms with Gasteiger partial charge < -0.3 is 15.2 Å². The maximum atomic E-state index is 12.3. The number of aryl methyl sites for hydroxylation is 1. The van der Waals surface area contributed by atoms with Crippen molar-refractivity contribution in [3.05, 3.63) is 69.3 Å². The fraction of sp³-hybridized carbons (Fsp3) is 0.316. The number of carbonyl (C=O) groups excluding carboxylic acids is 1. The van der Waals surface area contributed by atoms with Gasteiger partial charge >= 0.3 is 0 Å². The minimum atomic E-state index is -1.14. The highest BCUT2D eigenvalue weighted by molar-refractivity contribution is 5.94. The van der Waals surface area contributed by atoms with E-state index in [1.165, 1.54) is 18.2 Å². The molecule has 1 amide bonds. The number of aliphatic hydroxyl groups is 1. The third kappa shape index (κ3) is 5.03. The predicted molar refractivity (Wildman–Crippen MR) is 97.5 cm³/mol. The largest absolute Gasteiger partial charge is 0.497 e. The van der Waals surface area contributed by atoms with Crippen LogP contribution in [-0.2, 0) is 6.42 Å². The zero-order chi connectivity index (χ0) is 19.3. The van der Waals surface area contributed by atoms with E-state index in [9.17, 15) is 20.0 Å². The number of nitrogens with one attached hydrogen (secondary N) is 1. The fourth-order valence-corrected chi connectivity index (χ4v) is 2.62. The molecule has 1 atom stereocenters. The number of benzene rings is 2. The Bertz CT molecular complexity index is 800. The molecule has 0 aromatic heterocycles. The molecule has 2 aromatic rings. The highest BCUT2D eigenvalue weighted by Gasteiger charge is 2.23. The summed E-state index contributed by atoms with van der Waals surface area (Å²) in [6.07, 6.45) is 0.358. The predicted octanol–water partition coefficient (Wildman–Crippen LogP) is 2.64. The number of amides is 1. The molecule has 0 aliphatic carbocycles. The molecule has 0 aliphatic heterocycles. The van der Waals surface area contributed by atoms with Crippen LogP contribution in [0.15, 0.2) is 42.5 Å². The van der Waals surface area contributed by atoms with Crippen LogP contribution in [0.4, 0.5) is 5.69 Å². The Hall–Kier alpha value is -2.93. The SMILES string of the molecule is COc1ccc(CC(C)(O)CNC(=O)c2ccc([N+](=O)[O-])c(C)c2)cc1. The molecule has 1 unspecified atom stereocenters. The second-order valence-corrected chi connectivity index (χ2v) is 6.46. The molecule has 0 fully saturated rings. The van der Waals surface area contributed by atoms with Crippen molar-refractivity contribution in [3.8, 4) is 5.75 Å². The molecule has 0 saturated heterocycles. The molecule has 26 heavy (non-hydrogen) atoms. The van der Waals surface area contributed by atoms with Gasteiger partial charge in [0, 0.05) is 30.2 Å². The first-order valence-electron chi connectivity index (χ1n) is 8.10. The Kier molecular flexibility index (Phi) is 5.94. The van der Waals surface area contributed by atoms with Gasteiger partial charge in [-0.1, -0.05) is 12.1 Å². The Morgan fingerprint density at radius 1 is 1.27 bits per heavy atom. The Labute approximate surface area is 151 Å². The van der Waals surface area contributed by atoms with E-state index < -0.39 is 16.4 Å². The van der Waals surface area contributed by atoms with Crippen LogP contribution in [0.2, 0.25) is 0 Å². The highest BCUT2D eigenvalue weighted by atomic mass is 16.6. The topological polar surface area (TPSA) is 102 Å². The maximum Gasteiger partial charge on any atom is 0.272 e. The highest BCUT2D eigenvalue weighted by Crippen LogP contribution is 2.19. The molecule has 2 rings (SSSR count). The monoisotopic (exact) mass is 358 g/mol. The summed E-state index contributed by atoms with van der Waals surface area (Å²) in [5.74, 6) is 0.341. The quantitative estimate of drug-likeness (QED) is 0.585. The number of nitrogens with zero attached hydrogens (tertiary/aromatic N) is 1. The molecule has 138 valence electrons. The molecule has 0 heterocycles. The van der Waals surface area contributed by atoms with Crippen molar-refractivity contribution < 1.29 is 19.6 Å². The number of nitro benzene ring substituents is 1. The number of hydrogen-bond acceptors (Lipinski definition) is 5. The second kappa shape index (κ2) is 7.97. The molecule has 0 bridgehead atoms. The van der Waals surface area contributed by atoms with Crippen molar-refractivity contribution >= 4 is 11.6 Å². The zero-order valence-electron chi connectivity index (χ0n) is 15.0. The zero-order valence-corrected chi connectivity index (χ0v) is 15.0. The molecule has 0 radical (unpaired) electrons. The van der Waals surface area contributed by atoms with Crippen LogP contribution in [0.5, 0.6) is 5.75 Å². The first kappa shape index (κ1) is 19.4. The lowest BCUT2D eigenvalue weighted by molar-refractivity contribution is -0.385. The van der Waals surface area contributed by atoms with E-state index in [0.29, 0.717) is 17.5 Å². The van der Waals surface area contributed by atoms with Crippen molar-refractivity contribution in [1.29, 1.82) is 0 Å². The van der Waals surface area contributed by atoms with E-state index >= 15 is 0 Å². The maximum absolute atomic E-state index is 12.3. The summed E-state index contributed by atoms with van der Waals surface area (Å²) >= 11 is 0. The van der Waals surface area contributed by atoms with Gasteiger partial charge in [-0.25, -0.2) is 0 Å². The van der Waals surface area contributed by atoms with Crippen molar-refractivity contribution in [2.45, 2.75) is 25.9 Å². The van der Waals surface area contributed by atoms with E-state index in [1.54, 1.807) is 21.0 Å². The van der Waals surface area contributed by atoms with Crippen LogP contribution in [0, 0.1) is 17.0 Å². The summed E-state index contributed by atoms with van der Waals surface area (Å²) in [6, 6.07) is 11.5. The van der Waals surface area contributed by atoms with E-state index in [4.69, 9.17) is 4.74 Å². The lowest BCUT2D eigenvalue weighted by Gasteiger charge is -2.24. The lowest BCUT2D eigenvalue weighted by Crippen LogP contribution is -2.42. The van der Waals surface area contributed by atoms with Crippen LogP contribution in [0.25, 0.3) is 0 Å². The Balaban J connectivity index is 1.98. The van der Waals surface area contributed by atoms with Crippen LogP contribution in [0.1, 0.15) is 28.4 Å². The first-order valence-corrected chi connectivity index (χ1v) is 8.10. The third-order valence-electron chi connectivity index (χ3n) is 4.03. The van der Waals surface area contributed by atoms with Gasteiger partial charge in [0.05, 0.1) is 17.6 Å². The van der Waals surface area contributed by atoms with Gasteiger partial charge in [0.1, 0.15) is 5.75 Å². The van der Waals surface area contributed by atoms with E-state index in [1.807, 2.05) is 24.3 Å². The molecule has 2 aromatic carbocycles. The fourth-order valence-electron chi connectivity index (χ4n) is 2.62. The first-order chi connectivity index (χ1) is 12.2. The molecule has 0 aliphatic rings. The van der Waals surface area contributed by atoms with Gasteiger partial charge in [-0.15, -0.1) is 0 Å². The van der Waals surface area contributed by atoms with Gasteiger partial charge in [-0.2, -0.15) is 0 Å². The molecule has 2 N–H and O–H groups in total. The molecular weight excluding hydrogens is 336 g/mol. The van der Waals surface area contributed by atoms with E-state index in [2.05, 4.69) is 5.32 Å². The van der Waals surface area contributed by atoms with Crippen LogP contribution < -0.4 is 10.1 Å². The van der Waals surface area contributed by atoms with E-state index in [0.717, 1.165) is 11.3 Å². The second-order valence-electron chi connectivity index (χ2n) is 6.46. The Morgan fingerprint density at radius 2 is 1.92 bits per heavy atom. The summed E-state index contributed by atoms with van der Waals surface area (Å²) in [6.45, 7) is 3.27. The van der Waals surface area contributed by atoms with Gasteiger partial charge in [-0.3, -0.25) is 14.9 Å². The summed E-state index contributed by atoms with van der Waals surface area (Å²) in [5, 5.41) is 24.0. The molecule has 7 nitrogen and oxygen atoms in total. The minimum Gasteiger partial charge on any atom is -0.497 e. The normalized spacial score (nSPS) is 12.9. The number of methoxy groups -OCH3 is 1. The van der Waals surface area contributed by atoms with Crippen LogP contribution >= 0.6 is 0 Å². The van der Waals surface area contributed by atoms with Crippen molar-refractivity contribution in [2.75, 3.05) is 13.7 Å². The van der Waals surface area contributed by atoms with E-state index in [-0.39, 0.29) is 12.2 Å². The number of rotatable bonds is 7. The van der Waals surface area contributed by atoms with Crippen molar-refractivity contribution in [3.63, 3.8) is 0 Å². The van der Waals surface area contributed by atoms with Crippen LogP contribution in [0.3, 0.4) is 0 Å². The summed E-state index contributed by atoms with van der Waals surface area (Å²) < 4.78 is 5.10. The number of nitro groups is 1. The molecule has 0 spiro atoms. The smallest absolute Gasteiger partial charge is 0.272 e. The molecule has 0 saturated carbocycles. The van der Waals surface area contributed by atoms with Crippen molar-refractivity contribution in [2.24, 2.45) is 0 Å². The summed E-state index contributed by atoms with van der Waals surface area (Å²) in [7, 11) is 1.58. The van der Waals surface area contributed by atoms with Gasteiger partial charge in [0.15, 0.2) is 0 Å². The Morgan fingerprint density at radius 3 is 2.46 bits per heavy atom. The number of carbonyl (C=O) groups is 1. The number of ether oxygens (including phenoxy) is 1. The van der Waals surface area contributed by atoms with Gasteiger partial charge in [0.25, 0.3) is 11.6 Å².